The summed E-state index contributed by atoms with van der Waals surface area (Å²) in [5.74, 6) is 1.24. The highest BCUT2D eigenvalue weighted by Gasteiger charge is 2.38. The van der Waals surface area contributed by atoms with Crippen LogP contribution in [0.2, 0.25) is 0 Å². The topological polar surface area (TPSA) is 48.4 Å². The van der Waals surface area contributed by atoms with Gasteiger partial charge < -0.3 is 15.2 Å². The van der Waals surface area contributed by atoms with Crippen LogP contribution >= 0.6 is 0 Å². The number of benzene rings is 2. The zero-order valence-corrected chi connectivity index (χ0v) is 25.1. The van der Waals surface area contributed by atoms with Crippen molar-refractivity contribution in [1.82, 2.24) is 24.7 Å². The normalized spacial score (nSPS) is 27.2. The summed E-state index contributed by atoms with van der Waals surface area (Å²) in [4.78, 5) is 10.4. The first-order chi connectivity index (χ1) is 18.8. The molecule has 6 heteroatoms. The zero-order chi connectivity index (χ0) is 27.6. The number of aryl methyl sites for hydroxylation is 1. The third-order valence-electron chi connectivity index (χ3n) is 9.33. The zero-order valence-electron chi connectivity index (χ0n) is 25.1. The Morgan fingerprint density at radius 1 is 1.03 bits per heavy atom. The number of imidazole rings is 1. The van der Waals surface area contributed by atoms with Crippen LogP contribution in [0.4, 0.5) is 5.69 Å². The van der Waals surface area contributed by atoms with E-state index in [0.29, 0.717) is 24.2 Å². The fraction of sp³-hybridized carbons (Fsp3) is 0.606. The van der Waals surface area contributed by atoms with E-state index in [-0.39, 0.29) is 5.54 Å². The predicted molar refractivity (Wildman–Crippen MR) is 164 cm³/mol. The van der Waals surface area contributed by atoms with Gasteiger partial charge in [-0.25, -0.2) is 4.98 Å². The van der Waals surface area contributed by atoms with Crippen LogP contribution in [0.3, 0.4) is 0 Å². The monoisotopic (exact) mass is 530 g/mol. The molecule has 1 aliphatic heterocycles. The van der Waals surface area contributed by atoms with Gasteiger partial charge >= 0.3 is 0 Å². The maximum atomic E-state index is 5.32. The summed E-state index contributed by atoms with van der Waals surface area (Å²) in [6.45, 7) is 12.3. The van der Waals surface area contributed by atoms with Crippen molar-refractivity contribution in [2.75, 3.05) is 32.5 Å². The minimum Gasteiger partial charge on any atom is -0.382 e. The lowest BCUT2D eigenvalue weighted by Gasteiger charge is -2.46. The molecule has 1 saturated carbocycles. The summed E-state index contributed by atoms with van der Waals surface area (Å²) in [6, 6.07) is 19.8. The Morgan fingerprint density at radius 2 is 1.72 bits per heavy atom. The van der Waals surface area contributed by atoms with Gasteiger partial charge in [0.1, 0.15) is 5.82 Å². The number of nitrogens with one attached hydrogen (secondary N) is 2. The standard InChI is InChI=1S/C33H50N6/c1-7-12-31(38-22-24(3)34-25(4)23-38)32-36-29-21-28(15-16-30(29)39(32)8-2)35-27-17-19-33(20-18-27,37(5)6)26-13-10-9-11-14-26/h9-11,13-16,21,24-25,27,31,34-35H,7-8,12,17-20,22-23H2,1-6H3/t24-,25+,27-,31-,33+/m0/s1. The second kappa shape index (κ2) is 12.0. The van der Waals surface area contributed by atoms with Gasteiger partial charge in [-0.3, -0.25) is 9.80 Å². The number of anilines is 1. The second-order valence-electron chi connectivity index (χ2n) is 12.4. The molecule has 6 nitrogen and oxygen atoms in total. The van der Waals surface area contributed by atoms with Crippen molar-refractivity contribution in [3.05, 3.63) is 59.9 Å². The van der Waals surface area contributed by atoms with E-state index >= 15 is 0 Å². The molecule has 0 radical (unpaired) electrons. The molecule has 1 aliphatic carbocycles. The summed E-state index contributed by atoms with van der Waals surface area (Å²) < 4.78 is 2.46. The summed E-state index contributed by atoms with van der Waals surface area (Å²) >= 11 is 0. The second-order valence-corrected chi connectivity index (χ2v) is 12.4. The summed E-state index contributed by atoms with van der Waals surface area (Å²) in [7, 11) is 4.48. The first kappa shape index (κ1) is 28.1. The van der Waals surface area contributed by atoms with Crippen LogP contribution in [0.15, 0.2) is 48.5 Å². The van der Waals surface area contributed by atoms with E-state index in [2.05, 4.69) is 115 Å². The van der Waals surface area contributed by atoms with Crippen molar-refractivity contribution in [1.29, 1.82) is 0 Å². The largest absolute Gasteiger partial charge is 0.382 e. The minimum absolute atomic E-state index is 0.130. The molecule has 2 N–H and O–H groups in total. The van der Waals surface area contributed by atoms with Crippen LogP contribution in [0.5, 0.6) is 0 Å². The number of aromatic nitrogens is 2. The third kappa shape index (κ3) is 5.75. The summed E-state index contributed by atoms with van der Waals surface area (Å²) in [5.41, 5.74) is 5.16. The van der Waals surface area contributed by atoms with Crippen molar-refractivity contribution in [2.45, 2.75) is 102 Å². The Labute approximate surface area is 236 Å². The van der Waals surface area contributed by atoms with Gasteiger partial charge in [0.25, 0.3) is 0 Å². The molecular weight excluding hydrogens is 480 g/mol. The fourth-order valence-electron chi connectivity index (χ4n) is 7.41. The van der Waals surface area contributed by atoms with E-state index < -0.39 is 0 Å². The molecule has 0 spiro atoms. The first-order valence-electron chi connectivity index (χ1n) is 15.3. The van der Waals surface area contributed by atoms with Crippen molar-refractivity contribution >= 4 is 16.7 Å². The van der Waals surface area contributed by atoms with Crippen LogP contribution in [-0.4, -0.2) is 64.7 Å². The van der Waals surface area contributed by atoms with Crippen LogP contribution in [0.25, 0.3) is 11.0 Å². The number of piperazine rings is 1. The lowest BCUT2D eigenvalue weighted by Crippen LogP contribution is -2.55. The number of nitrogens with zero attached hydrogens (tertiary/aromatic N) is 4. The highest BCUT2D eigenvalue weighted by Crippen LogP contribution is 2.42. The number of rotatable bonds is 9. The molecule has 212 valence electrons. The van der Waals surface area contributed by atoms with Gasteiger partial charge in [0, 0.05) is 49.0 Å². The molecule has 2 fully saturated rings. The van der Waals surface area contributed by atoms with E-state index in [1.165, 1.54) is 35.4 Å². The molecule has 1 aromatic heterocycles. The lowest BCUT2D eigenvalue weighted by molar-refractivity contribution is 0.0945. The number of hydrogen-bond acceptors (Lipinski definition) is 5. The molecule has 3 aromatic rings. The Kier molecular flexibility index (Phi) is 8.65. The Hall–Kier alpha value is -2.41. The molecule has 1 saturated heterocycles. The molecule has 0 amide bonds. The van der Waals surface area contributed by atoms with Gasteiger partial charge in [0.2, 0.25) is 0 Å². The van der Waals surface area contributed by atoms with Gasteiger partial charge in [-0.15, -0.1) is 0 Å². The SMILES string of the molecule is CCC[C@@H](c1nc2cc(N[C@H]3CC[C@@](c4ccccc4)(N(C)C)CC3)ccc2n1CC)N1C[C@@H](C)N[C@@H](C)C1. The quantitative estimate of drug-likeness (QED) is 0.336. The molecule has 3 atom stereocenters. The van der Waals surface area contributed by atoms with E-state index in [1.807, 2.05) is 0 Å². The molecule has 2 aromatic carbocycles. The van der Waals surface area contributed by atoms with Crippen molar-refractivity contribution in [2.24, 2.45) is 0 Å². The molecule has 2 aliphatic rings. The average Bonchev–Trinajstić information content (AvgIpc) is 3.29. The fourth-order valence-corrected chi connectivity index (χ4v) is 7.41. The van der Waals surface area contributed by atoms with E-state index in [0.717, 1.165) is 50.8 Å². The van der Waals surface area contributed by atoms with Gasteiger partial charge in [-0.05, 0) is 90.7 Å². The lowest BCUT2D eigenvalue weighted by atomic mass is 9.74. The maximum absolute atomic E-state index is 5.32. The van der Waals surface area contributed by atoms with Crippen LogP contribution in [0.1, 0.15) is 83.6 Å². The summed E-state index contributed by atoms with van der Waals surface area (Å²) in [6.07, 6.45) is 6.97. The van der Waals surface area contributed by atoms with Gasteiger partial charge in [-0.2, -0.15) is 0 Å². The molecule has 39 heavy (non-hydrogen) atoms. The maximum Gasteiger partial charge on any atom is 0.127 e. The highest BCUT2D eigenvalue weighted by atomic mass is 15.3. The van der Waals surface area contributed by atoms with Gasteiger partial charge in [0.15, 0.2) is 0 Å². The first-order valence-corrected chi connectivity index (χ1v) is 15.3. The number of hydrogen-bond donors (Lipinski definition) is 2. The molecule has 0 unspecified atom stereocenters. The smallest absolute Gasteiger partial charge is 0.127 e. The van der Waals surface area contributed by atoms with Crippen molar-refractivity contribution in [3.8, 4) is 0 Å². The van der Waals surface area contributed by atoms with Crippen LogP contribution in [0, 0.1) is 0 Å². The van der Waals surface area contributed by atoms with Crippen LogP contribution in [-0.2, 0) is 12.1 Å². The molecule has 2 heterocycles. The molecule has 5 rings (SSSR count). The van der Waals surface area contributed by atoms with E-state index in [1.54, 1.807) is 0 Å². The van der Waals surface area contributed by atoms with Crippen LogP contribution < -0.4 is 10.6 Å². The van der Waals surface area contributed by atoms with Crippen molar-refractivity contribution in [3.63, 3.8) is 0 Å². The van der Waals surface area contributed by atoms with Gasteiger partial charge in [-0.1, -0.05) is 43.7 Å². The Bertz CT molecular complexity index is 1200. The van der Waals surface area contributed by atoms with E-state index in [4.69, 9.17) is 4.98 Å². The molecular formula is C33H50N6. The van der Waals surface area contributed by atoms with Gasteiger partial charge in [0.05, 0.1) is 17.1 Å². The number of fused-ring (bicyclic) bond motifs is 1. The Morgan fingerprint density at radius 3 is 2.33 bits per heavy atom. The highest BCUT2D eigenvalue weighted by molar-refractivity contribution is 5.80. The minimum atomic E-state index is 0.130. The van der Waals surface area contributed by atoms with Crippen molar-refractivity contribution < 1.29 is 0 Å². The predicted octanol–water partition coefficient (Wildman–Crippen LogP) is 6.39. The average molecular weight is 531 g/mol. The Balaban J connectivity index is 1.35. The molecule has 0 bridgehead atoms. The summed E-state index contributed by atoms with van der Waals surface area (Å²) in [5, 5.41) is 7.59. The van der Waals surface area contributed by atoms with E-state index in [9.17, 15) is 0 Å². The third-order valence-corrected chi connectivity index (χ3v) is 9.33.